The highest BCUT2D eigenvalue weighted by Crippen LogP contribution is 2.30. The zero-order valence-electron chi connectivity index (χ0n) is 15.7. The number of carbonyl (C=O) groups is 1. The zero-order chi connectivity index (χ0) is 19.5. The van der Waals surface area contributed by atoms with E-state index in [1.807, 2.05) is 0 Å². The topological polar surface area (TPSA) is 103 Å². The highest BCUT2D eigenvalue weighted by molar-refractivity contribution is 5.87. The molecule has 4 rings (SSSR count). The number of nitrogens with zero attached hydrogens (tertiary/aromatic N) is 3. The Hall–Kier alpha value is -3.13. The number of amides is 1. The molecule has 0 aliphatic carbocycles. The van der Waals surface area contributed by atoms with Crippen molar-refractivity contribution in [2.24, 2.45) is 0 Å². The molecule has 1 atom stereocenters. The van der Waals surface area contributed by atoms with Crippen LogP contribution in [0.2, 0.25) is 0 Å². The van der Waals surface area contributed by atoms with Crippen LogP contribution in [0.15, 0.2) is 36.5 Å². The van der Waals surface area contributed by atoms with Gasteiger partial charge in [0, 0.05) is 24.2 Å². The molecule has 8 heteroatoms. The fourth-order valence-electron chi connectivity index (χ4n) is 3.52. The molecular weight excluding hydrogens is 358 g/mol. The lowest BCUT2D eigenvalue weighted by Crippen LogP contribution is -2.48. The summed E-state index contributed by atoms with van der Waals surface area (Å²) in [5.41, 5.74) is 1.95. The molecule has 1 aromatic carbocycles. The van der Waals surface area contributed by atoms with Crippen LogP contribution < -0.4 is 10.1 Å². The van der Waals surface area contributed by atoms with Gasteiger partial charge in [-0.2, -0.15) is 5.10 Å². The van der Waals surface area contributed by atoms with E-state index in [1.54, 1.807) is 36.5 Å². The summed E-state index contributed by atoms with van der Waals surface area (Å²) in [6.45, 7) is 5.00. The van der Waals surface area contributed by atoms with Crippen LogP contribution in [0.4, 0.5) is 4.79 Å². The van der Waals surface area contributed by atoms with E-state index in [0.29, 0.717) is 22.5 Å². The molecule has 3 aromatic rings. The van der Waals surface area contributed by atoms with Gasteiger partial charge in [0.2, 0.25) is 0 Å². The number of hydrogen-bond donors (Lipinski definition) is 3. The number of benzene rings is 1. The van der Waals surface area contributed by atoms with Gasteiger partial charge in [-0.3, -0.25) is 5.10 Å². The molecule has 2 aromatic heterocycles. The van der Waals surface area contributed by atoms with Crippen molar-refractivity contribution in [3.63, 3.8) is 0 Å². The maximum atomic E-state index is 12.5. The molecule has 1 saturated heterocycles. The van der Waals surface area contributed by atoms with Crippen molar-refractivity contribution in [1.82, 2.24) is 25.4 Å². The van der Waals surface area contributed by atoms with E-state index in [4.69, 9.17) is 4.74 Å². The number of piperidine rings is 1. The van der Waals surface area contributed by atoms with Crippen LogP contribution in [0.1, 0.15) is 19.8 Å². The predicted molar refractivity (Wildman–Crippen MR) is 105 cm³/mol. The summed E-state index contributed by atoms with van der Waals surface area (Å²) in [5.74, 6) is 0.568. The number of hydrogen-bond acceptors (Lipinski definition) is 6. The number of aromatic amines is 1. The van der Waals surface area contributed by atoms with Crippen LogP contribution in [0.5, 0.6) is 11.5 Å². The summed E-state index contributed by atoms with van der Waals surface area (Å²) >= 11 is 0. The van der Waals surface area contributed by atoms with Gasteiger partial charge in [-0.25, -0.2) is 9.78 Å². The van der Waals surface area contributed by atoms with Crippen LogP contribution in [0.25, 0.3) is 22.3 Å². The van der Waals surface area contributed by atoms with E-state index in [1.165, 1.54) is 0 Å². The first-order valence-electron chi connectivity index (χ1n) is 9.46. The predicted octanol–water partition coefficient (Wildman–Crippen LogP) is 2.90. The van der Waals surface area contributed by atoms with Crippen LogP contribution in [0.3, 0.4) is 0 Å². The Morgan fingerprint density at radius 1 is 1.39 bits per heavy atom. The van der Waals surface area contributed by atoms with Crippen molar-refractivity contribution in [2.75, 3.05) is 19.6 Å². The fourth-order valence-corrected chi connectivity index (χ4v) is 3.52. The Kier molecular flexibility index (Phi) is 5.12. The lowest BCUT2D eigenvalue weighted by Gasteiger charge is -2.31. The molecule has 146 valence electrons. The molecule has 1 fully saturated rings. The van der Waals surface area contributed by atoms with Crippen molar-refractivity contribution < 1.29 is 14.6 Å². The number of rotatable bonds is 4. The summed E-state index contributed by atoms with van der Waals surface area (Å²) in [7, 11) is 0. The normalized spacial score (nSPS) is 17.5. The maximum Gasteiger partial charge on any atom is 0.412 e. The largest absolute Gasteiger partial charge is 0.508 e. The van der Waals surface area contributed by atoms with Crippen molar-refractivity contribution in [3.05, 3.63) is 36.5 Å². The summed E-state index contributed by atoms with van der Waals surface area (Å²) < 4.78 is 5.63. The zero-order valence-corrected chi connectivity index (χ0v) is 15.7. The van der Waals surface area contributed by atoms with Crippen LogP contribution in [-0.2, 0) is 0 Å². The van der Waals surface area contributed by atoms with Gasteiger partial charge in [-0.05, 0) is 50.2 Å². The first-order valence-corrected chi connectivity index (χ1v) is 9.46. The number of aromatic hydroxyl groups is 1. The van der Waals surface area contributed by atoms with E-state index in [0.717, 1.165) is 38.0 Å². The number of phenolic OH excluding ortho intramolecular Hbond substituents is 1. The van der Waals surface area contributed by atoms with Gasteiger partial charge in [0.25, 0.3) is 0 Å². The summed E-state index contributed by atoms with van der Waals surface area (Å²) in [4.78, 5) is 19.3. The number of likely N-dealkylation sites (tertiary alicyclic amines) is 1. The van der Waals surface area contributed by atoms with Gasteiger partial charge in [0.15, 0.2) is 5.65 Å². The first kappa shape index (κ1) is 18.2. The molecule has 0 spiro atoms. The summed E-state index contributed by atoms with van der Waals surface area (Å²) in [6.07, 6.45) is 3.12. The SMILES string of the molecule is CCN1CCCC(NC(=O)Oc2cc(-c3ccc(O)cc3)nc3[nH]ncc23)C1. The third kappa shape index (κ3) is 3.91. The van der Waals surface area contributed by atoms with E-state index in [9.17, 15) is 9.90 Å². The number of carbonyl (C=O) groups excluding carboxylic acids is 1. The Bertz CT molecular complexity index is 970. The van der Waals surface area contributed by atoms with E-state index in [2.05, 4.69) is 32.3 Å². The highest BCUT2D eigenvalue weighted by atomic mass is 16.6. The van der Waals surface area contributed by atoms with E-state index in [-0.39, 0.29) is 11.8 Å². The average molecular weight is 381 g/mol. The van der Waals surface area contributed by atoms with Gasteiger partial charge in [-0.1, -0.05) is 6.92 Å². The molecule has 1 amide bonds. The Morgan fingerprint density at radius 3 is 3.00 bits per heavy atom. The van der Waals surface area contributed by atoms with Crippen molar-refractivity contribution >= 4 is 17.1 Å². The second kappa shape index (κ2) is 7.85. The second-order valence-corrected chi connectivity index (χ2v) is 6.95. The number of nitrogens with one attached hydrogen (secondary N) is 2. The highest BCUT2D eigenvalue weighted by Gasteiger charge is 2.22. The minimum atomic E-state index is -0.478. The second-order valence-electron chi connectivity index (χ2n) is 6.95. The molecule has 28 heavy (non-hydrogen) atoms. The summed E-state index contributed by atoms with van der Waals surface area (Å²) in [6, 6.07) is 8.48. The molecule has 1 aliphatic rings. The summed E-state index contributed by atoms with van der Waals surface area (Å²) in [5, 5.41) is 19.9. The minimum absolute atomic E-state index is 0.0828. The Morgan fingerprint density at radius 2 is 2.21 bits per heavy atom. The molecule has 1 unspecified atom stereocenters. The number of likely N-dealkylation sites (N-methyl/N-ethyl adjacent to an activating group) is 1. The molecule has 0 bridgehead atoms. The van der Waals surface area contributed by atoms with Crippen molar-refractivity contribution in [3.8, 4) is 22.8 Å². The lowest BCUT2D eigenvalue weighted by atomic mass is 10.1. The molecule has 1 aliphatic heterocycles. The fraction of sp³-hybridized carbons (Fsp3) is 0.350. The first-order chi connectivity index (χ1) is 13.6. The molecule has 0 saturated carbocycles. The molecule has 3 N–H and O–H groups in total. The number of pyridine rings is 1. The quantitative estimate of drug-likeness (QED) is 0.642. The number of ether oxygens (including phenoxy) is 1. The molecular formula is C20H23N5O3. The number of aromatic nitrogens is 3. The Labute approximate surface area is 162 Å². The lowest BCUT2D eigenvalue weighted by molar-refractivity contribution is 0.171. The van der Waals surface area contributed by atoms with Crippen LogP contribution in [-0.4, -0.2) is 57.0 Å². The van der Waals surface area contributed by atoms with Crippen LogP contribution in [0, 0.1) is 0 Å². The molecule has 3 heterocycles. The van der Waals surface area contributed by atoms with Gasteiger partial charge in [0.1, 0.15) is 11.5 Å². The average Bonchev–Trinajstić information content (AvgIpc) is 3.17. The number of fused-ring (bicyclic) bond motifs is 1. The van der Waals surface area contributed by atoms with Crippen LogP contribution >= 0.6 is 0 Å². The third-order valence-corrected chi connectivity index (χ3v) is 5.03. The minimum Gasteiger partial charge on any atom is -0.508 e. The van der Waals surface area contributed by atoms with Crippen molar-refractivity contribution in [1.29, 1.82) is 0 Å². The molecule has 8 nitrogen and oxygen atoms in total. The monoisotopic (exact) mass is 381 g/mol. The van der Waals surface area contributed by atoms with Crippen molar-refractivity contribution in [2.45, 2.75) is 25.8 Å². The van der Waals surface area contributed by atoms with Gasteiger partial charge in [-0.15, -0.1) is 0 Å². The van der Waals surface area contributed by atoms with Gasteiger partial charge < -0.3 is 20.1 Å². The number of phenols is 1. The molecule has 0 radical (unpaired) electrons. The third-order valence-electron chi connectivity index (χ3n) is 5.03. The van der Waals surface area contributed by atoms with E-state index >= 15 is 0 Å². The Balaban J connectivity index is 1.55. The maximum absolute atomic E-state index is 12.5. The van der Waals surface area contributed by atoms with Gasteiger partial charge in [0.05, 0.1) is 17.3 Å². The standard InChI is InChI=1S/C20H23N5O3/c1-2-25-9-3-4-14(12-25)22-20(27)28-18-10-17(13-5-7-15(26)8-6-13)23-19-16(18)11-21-24-19/h5-8,10-11,14,26H,2-4,9,12H2,1H3,(H,22,27)(H,21,23,24). The van der Waals surface area contributed by atoms with Gasteiger partial charge >= 0.3 is 6.09 Å². The smallest absolute Gasteiger partial charge is 0.412 e. The van der Waals surface area contributed by atoms with E-state index < -0.39 is 6.09 Å². The number of H-pyrrole nitrogens is 1.